The van der Waals surface area contributed by atoms with E-state index in [-0.39, 0.29) is 5.56 Å². The Morgan fingerprint density at radius 2 is 1.59 bits per heavy atom. The number of hydrogen-bond acceptors (Lipinski definition) is 5. The summed E-state index contributed by atoms with van der Waals surface area (Å²) in [6.45, 7) is 2.61. The van der Waals surface area contributed by atoms with Crippen LogP contribution in [0.3, 0.4) is 0 Å². The van der Waals surface area contributed by atoms with Crippen molar-refractivity contribution in [2.24, 2.45) is 14.1 Å². The molecule has 1 aromatic carbocycles. The lowest BCUT2D eigenvalue weighted by atomic mass is 10.1. The summed E-state index contributed by atoms with van der Waals surface area (Å²) < 4.78 is 40.2. The molecule has 0 N–H and O–H groups in total. The van der Waals surface area contributed by atoms with Crippen LogP contribution in [0.1, 0.15) is 16.7 Å². The first-order valence-corrected chi connectivity index (χ1v) is 8.97. The first kappa shape index (κ1) is 20.7. The Hall–Kier alpha value is -3.06. The second kappa shape index (κ2) is 7.75. The summed E-state index contributed by atoms with van der Waals surface area (Å²) >= 11 is 0. The summed E-state index contributed by atoms with van der Waals surface area (Å²) in [6, 6.07) is 6.97. The van der Waals surface area contributed by atoms with E-state index >= 15 is 0 Å². The van der Waals surface area contributed by atoms with Crippen LogP contribution >= 0.6 is 0 Å². The molecule has 0 saturated carbocycles. The molecule has 0 atom stereocenters. The van der Waals surface area contributed by atoms with Gasteiger partial charge in [-0.25, -0.2) is 4.79 Å². The van der Waals surface area contributed by atoms with Crippen molar-refractivity contribution in [2.75, 3.05) is 31.1 Å². The van der Waals surface area contributed by atoms with Gasteiger partial charge in [0.15, 0.2) is 5.56 Å². The maximum atomic E-state index is 12.7. The quantitative estimate of drug-likeness (QED) is 0.767. The molecule has 1 saturated heterocycles. The Morgan fingerprint density at radius 1 is 1.00 bits per heavy atom. The zero-order valence-corrected chi connectivity index (χ0v) is 16.0. The highest BCUT2D eigenvalue weighted by Gasteiger charge is 2.30. The minimum atomic E-state index is -4.36. The third-order valence-corrected chi connectivity index (χ3v) is 5.10. The Bertz CT molecular complexity index is 1060. The first-order chi connectivity index (χ1) is 13.6. The minimum Gasteiger partial charge on any atom is -0.354 e. The highest BCUT2D eigenvalue weighted by molar-refractivity contribution is 5.53. The molecule has 0 bridgehead atoms. The number of anilines is 1. The predicted octanol–water partition coefficient (Wildman–Crippen LogP) is 1.30. The lowest BCUT2D eigenvalue weighted by molar-refractivity contribution is -0.137. The van der Waals surface area contributed by atoms with Gasteiger partial charge in [-0.15, -0.1) is 0 Å². The van der Waals surface area contributed by atoms with Crippen molar-refractivity contribution >= 4 is 5.82 Å². The Kier molecular flexibility index (Phi) is 5.53. The Balaban J connectivity index is 1.73. The van der Waals surface area contributed by atoms with Gasteiger partial charge in [-0.1, -0.05) is 12.1 Å². The van der Waals surface area contributed by atoms with Crippen LogP contribution in [0.4, 0.5) is 19.0 Å². The molecular weight excluding hydrogens is 387 g/mol. The van der Waals surface area contributed by atoms with Gasteiger partial charge in [0.2, 0.25) is 0 Å². The lowest BCUT2D eigenvalue weighted by Crippen LogP contribution is -2.50. The molecule has 154 valence electrons. The molecule has 0 aliphatic carbocycles. The summed E-state index contributed by atoms with van der Waals surface area (Å²) in [6.07, 6.45) is -4.36. The van der Waals surface area contributed by atoms with Crippen LogP contribution in [-0.4, -0.2) is 40.2 Å². The van der Waals surface area contributed by atoms with E-state index in [0.29, 0.717) is 38.5 Å². The van der Waals surface area contributed by atoms with Crippen molar-refractivity contribution in [3.8, 4) is 6.07 Å². The minimum absolute atomic E-state index is 0.0780. The number of nitriles is 1. The van der Waals surface area contributed by atoms with Gasteiger partial charge in [0, 0.05) is 46.8 Å². The van der Waals surface area contributed by atoms with Crippen molar-refractivity contribution in [3.05, 3.63) is 61.8 Å². The molecule has 3 rings (SSSR count). The average molecular weight is 407 g/mol. The number of piperazine rings is 1. The van der Waals surface area contributed by atoms with Crippen molar-refractivity contribution in [1.82, 2.24) is 14.0 Å². The van der Waals surface area contributed by atoms with Gasteiger partial charge in [-0.05, 0) is 17.7 Å². The molecule has 1 aliphatic heterocycles. The highest BCUT2D eigenvalue weighted by Crippen LogP contribution is 2.29. The van der Waals surface area contributed by atoms with Gasteiger partial charge in [0.25, 0.3) is 5.56 Å². The molecule has 1 aliphatic rings. The van der Waals surface area contributed by atoms with Crippen LogP contribution in [-0.2, 0) is 26.8 Å². The molecule has 0 amide bonds. The Labute approximate surface area is 164 Å². The molecule has 7 nitrogen and oxygen atoms in total. The molecule has 1 fully saturated rings. The fraction of sp³-hybridized carbons (Fsp3) is 0.421. The second-order valence-corrected chi connectivity index (χ2v) is 6.97. The van der Waals surface area contributed by atoms with E-state index in [4.69, 9.17) is 0 Å². The summed E-state index contributed by atoms with van der Waals surface area (Å²) in [5.74, 6) is 0.301. The number of halogens is 3. The van der Waals surface area contributed by atoms with Gasteiger partial charge in [-0.3, -0.25) is 18.8 Å². The van der Waals surface area contributed by atoms with Gasteiger partial charge >= 0.3 is 11.9 Å². The molecule has 29 heavy (non-hydrogen) atoms. The summed E-state index contributed by atoms with van der Waals surface area (Å²) in [5, 5.41) is 9.40. The van der Waals surface area contributed by atoms with E-state index in [1.54, 1.807) is 0 Å². The van der Waals surface area contributed by atoms with Gasteiger partial charge in [0.05, 0.1) is 5.56 Å². The molecule has 0 radical (unpaired) electrons. The number of aromatic nitrogens is 2. The largest absolute Gasteiger partial charge is 0.416 e. The molecule has 10 heteroatoms. The second-order valence-electron chi connectivity index (χ2n) is 6.97. The monoisotopic (exact) mass is 407 g/mol. The van der Waals surface area contributed by atoms with Crippen molar-refractivity contribution < 1.29 is 13.2 Å². The SMILES string of the molecule is Cn1c(N2CCN(Cc3ccc(C(F)(F)F)cc3)CC2)c(C#N)c(=O)n(C)c1=O. The molecule has 2 heterocycles. The normalized spacial score (nSPS) is 15.4. The topological polar surface area (TPSA) is 74.3 Å². The van der Waals surface area contributed by atoms with Gasteiger partial charge in [0.1, 0.15) is 11.9 Å². The van der Waals surface area contributed by atoms with E-state index in [1.807, 2.05) is 11.0 Å². The number of alkyl halides is 3. The highest BCUT2D eigenvalue weighted by atomic mass is 19.4. The van der Waals surface area contributed by atoms with E-state index in [0.717, 1.165) is 22.3 Å². The van der Waals surface area contributed by atoms with E-state index in [9.17, 15) is 28.0 Å². The number of hydrogen-bond donors (Lipinski definition) is 0. The molecular formula is C19H20F3N5O2. The smallest absolute Gasteiger partial charge is 0.354 e. The summed E-state index contributed by atoms with van der Waals surface area (Å²) in [4.78, 5) is 28.4. The van der Waals surface area contributed by atoms with Crippen LogP contribution in [0, 0.1) is 11.3 Å². The average Bonchev–Trinajstić information content (AvgIpc) is 2.69. The van der Waals surface area contributed by atoms with Crippen LogP contribution in [0.2, 0.25) is 0 Å². The standard InChI is InChI=1S/C19H20F3N5O2/c1-24-16(15(11-23)17(28)25(2)18(24)29)27-9-7-26(8-10-27)12-13-3-5-14(6-4-13)19(20,21)22/h3-6H,7-10,12H2,1-2H3. The predicted molar refractivity (Wildman–Crippen MR) is 101 cm³/mol. The number of rotatable bonds is 3. The zero-order valence-electron chi connectivity index (χ0n) is 16.0. The van der Waals surface area contributed by atoms with E-state index < -0.39 is 23.0 Å². The van der Waals surface area contributed by atoms with Crippen LogP contribution in [0.15, 0.2) is 33.9 Å². The number of nitrogens with zero attached hydrogens (tertiary/aromatic N) is 5. The first-order valence-electron chi connectivity index (χ1n) is 8.97. The fourth-order valence-corrected chi connectivity index (χ4v) is 3.48. The fourth-order valence-electron chi connectivity index (χ4n) is 3.48. The van der Waals surface area contributed by atoms with Crippen LogP contribution in [0.5, 0.6) is 0 Å². The molecule has 1 aromatic heterocycles. The third kappa shape index (κ3) is 4.05. The van der Waals surface area contributed by atoms with E-state index in [2.05, 4.69) is 4.90 Å². The van der Waals surface area contributed by atoms with Crippen LogP contribution < -0.4 is 16.1 Å². The van der Waals surface area contributed by atoms with Crippen molar-refractivity contribution in [1.29, 1.82) is 5.26 Å². The van der Waals surface area contributed by atoms with Gasteiger partial charge in [-0.2, -0.15) is 18.4 Å². The molecule has 0 unspecified atom stereocenters. The van der Waals surface area contributed by atoms with Crippen LogP contribution in [0.25, 0.3) is 0 Å². The molecule has 0 spiro atoms. The third-order valence-electron chi connectivity index (χ3n) is 5.10. The Morgan fingerprint density at radius 3 is 2.10 bits per heavy atom. The maximum Gasteiger partial charge on any atom is 0.416 e. The summed E-state index contributed by atoms with van der Waals surface area (Å²) in [5.41, 5.74) is -1.12. The van der Waals surface area contributed by atoms with Crippen molar-refractivity contribution in [2.45, 2.75) is 12.7 Å². The van der Waals surface area contributed by atoms with Crippen molar-refractivity contribution in [3.63, 3.8) is 0 Å². The zero-order chi connectivity index (χ0) is 21.3. The number of benzene rings is 1. The van der Waals surface area contributed by atoms with Gasteiger partial charge < -0.3 is 4.90 Å². The summed E-state index contributed by atoms with van der Waals surface area (Å²) in [7, 11) is 2.85. The van der Waals surface area contributed by atoms with E-state index in [1.165, 1.54) is 30.8 Å². The molecule has 2 aromatic rings. The lowest BCUT2D eigenvalue weighted by Gasteiger charge is -2.36. The maximum absolute atomic E-state index is 12.7.